The van der Waals surface area contributed by atoms with E-state index in [9.17, 15) is 28.5 Å². The van der Waals surface area contributed by atoms with E-state index >= 15 is 0 Å². The van der Waals surface area contributed by atoms with Crippen molar-refractivity contribution in [1.82, 2.24) is 4.90 Å². The number of fused-ring (bicyclic) bond motifs is 1. The third-order valence-corrected chi connectivity index (χ3v) is 7.26. The summed E-state index contributed by atoms with van der Waals surface area (Å²) in [5.74, 6) is -0.616. The molecule has 0 spiro atoms. The molecule has 0 unspecified atom stereocenters. The van der Waals surface area contributed by atoms with Gasteiger partial charge in [0, 0.05) is 26.1 Å². The molecular formula is C24H34F3NO4. The van der Waals surface area contributed by atoms with Gasteiger partial charge in [0.25, 0.3) is 0 Å². The minimum atomic E-state index is -4.45. The molecule has 1 aromatic rings. The average Bonchev–Trinajstić information content (AvgIpc) is 2.94. The summed E-state index contributed by atoms with van der Waals surface area (Å²) in [6, 6.07) is 5.12. The lowest BCUT2D eigenvalue weighted by Crippen LogP contribution is -2.63. The topological polar surface area (TPSA) is 73.2 Å². The number of ether oxygens (including phenoxy) is 1. The molecule has 1 heterocycles. The predicted octanol–water partition coefficient (Wildman–Crippen LogP) is 3.51. The van der Waals surface area contributed by atoms with Gasteiger partial charge in [0.2, 0.25) is 0 Å². The first-order valence-electron chi connectivity index (χ1n) is 11.0. The first-order chi connectivity index (χ1) is 14.8. The van der Waals surface area contributed by atoms with Crippen LogP contribution in [0.15, 0.2) is 35.9 Å². The monoisotopic (exact) mass is 457 g/mol. The minimum absolute atomic E-state index is 0.123. The molecule has 1 aromatic carbocycles. The van der Waals surface area contributed by atoms with Crippen LogP contribution in [-0.2, 0) is 17.5 Å². The molecule has 0 bridgehead atoms. The van der Waals surface area contributed by atoms with Crippen LogP contribution in [0.2, 0.25) is 0 Å². The first-order valence-corrected chi connectivity index (χ1v) is 11.0. The van der Waals surface area contributed by atoms with E-state index in [1.54, 1.807) is 6.07 Å². The number of hydrogen-bond donors (Lipinski definition) is 3. The largest absolute Gasteiger partial charge is 0.416 e. The molecule has 3 N–H and O–H groups in total. The van der Waals surface area contributed by atoms with Crippen molar-refractivity contribution in [2.24, 2.45) is 5.92 Å². The van der Waals surface area contributed by atoms with Crippen LogP contribution in [0.3, 0.4) is 0 Å². The van der Waals surface area contributed by atoms with Crippen molar-refractivity contribution in [2.45, 2.75) is 82.2 Å². The molecule has 1 saturated carbocycles. The van der Waals surface area contributed by atoms with Crippen molar-refractivity contribution in [2.75, 3.05) is 13.7 Å². The molecule has 0 radical (unpaired) electrons. The van der Waals surface area contributed by atoms with Crippen molar-refractivity contribution in [1.29, 1.82) is 0 Å². The zero-order chi connectivity index (χ0) is 23.9. The van der Waals surface area contributed by atoms with Gasteiger partial charge in [0.1, 0.15) is 0 Å². The summed E-state index contributed by atoms with van der Waals surface area (Å²) in [7, 11) is 1.47. The van der Waals surface area contributed by atoms with Gasteiger partial charge in [0.05, 0.1) is 35.0 Å². The molecule has 32 heavy (non-hydrogen) atoms. The van der Waals surface area contributed by atoms with Crippen LogP contribution < -0.4 is 0 Å². The van der Waals surface area contributed by atoms with Crippen molar-refractivity contribution >= 4 is 0 Å². The van der Waals surface area contributed by atoms with Gasteiger partial charge in [-0.3, -0.25) is 4.90 Å². The fourth-order valence-corrected chi connectivity index (χ4v) is 5.59. The molecule has 6 atom stereocenters. The van der Waals surface area contributed by atoms with Crippen LogP contribution >= 0.6 is 0 Å². The predicted molar refractivity (Wildman–Crippen MR) is 115 cm³/mol. The third kappa shape index (κ3) is 4.61. The van der Waals surface area contributed by atoms with Gasteiger partial charge in [-0.1, -0.05) is 29.8 Å². The van der Waals surface area contributed by atoms with Crippen molar-refractivity contribution in [3.8, 4) is 0 Å². The smallest absolute Gasteiger partial charge is 0.391 e. The molecule has 1 saturated heterocycles. The van der Waals surface area contributed by atoms with E-state index in [4.69, 9.17) is 4.74 Å². The Morgan fingerprint density at radius 1 is 1.34 bits per heavy atom. The number of alkyl halides is 3. The van der Waals surface area contributed by atoms with E-state index in [1.807, 2.05) is 31.7 Å². The highest BCUT2D eigenvalue weighted by molar-refractivity contribution is 5.27. The van der Waals surface area contributed by atoms with Gasteiger partial charge in [-0.15, -0.1) is 0 Å². The number of methoxy groups -OCH3 is 1. The summed E-state index contributed by atoms with van der Waals surface area (Å²) in [5.41, 5.74) is -1.53. The number of allylic oxidation sites excluding steroid dienone is 1. The summed E-state index contributed by atoms with van der Waals surface area (Å²) in [4.78, 5) is 1.86. The van der Waals surface area contributed by atoms with E-state index in [1.165, 1.54) is 13.2 Å². The Hall–Kier alpha value is -1.45. The highest BCUT2D eigenvalue weighted by Crippen LogP contribution is 2.52. The number of β-amino-alcohol motifs (C(OH)–C–C–N with tert-alkyl or cyclic N) is 1. The van der Waals surface area contributed by atoms with E-state index < -0.39 is 47.1 Å². The zero-order valence-corrected chi connectivity index (χ0v) is 19.1. The molecule has 2 aliphatic rings. The zero-order valence-electron chi connectivity index (χ0n) is 19.1. The number of hydrogen-bond acceptors (Lipinski definition) is 5. The maximum Gasteiger partial charge on any atom is 0.416 e. The van der Waals surface area contributed by atoms with Gasteiger partial charge in [-0.05, 0) is 51.7 Å². The molecule has 8 heteroatoms. The van der Waals surface area contributed by atoms with E-state index in [0.717, 1.165) is 17.7 Å². The van der Waals surface area contributed by atoms with Gasteiger partial charge < -0.3 is 20.1 Å². The Balaban J connectivity index is 2.03. The standard InChI is InChI=1S/C24H34F3NO4/c1-15(2)8-9-19(30)22(3)21-20(32-4)18(29)10-11-23(21,31)14-28(22)13-16-6-5-7-17(12-16)24(25,26)27/h5-8,12,18-21,29-31H,9-11,13-14H2,1-4H3/t18-,19-,20-,21-,22-,23+/m1/s1. The van der Waals surface area contributed by atoms with E-state index in [-0.39, 0.29) is 13.1 Å². The molecule has 1 aliphatic heterocycles. The van der Waals surface area contributed by atoms with Crippen LogP contribution in [0, 0.1) is 5.92 Å². The SMILES string of the molecule is CO[C@@H]1[C@H](O)CC[C@]2(O)CN(Cc3cccc(C(F)(F)F)c3)[C@](C)([C@H](O)CC=C(C)C)[C@@H]12. The summed E-state index contributed by atoms with van der Waals surface area (Å²) < 4.78 is 45.3. The molecule has 0 amide bonds. The van der Waals surface area contributed by atoms with Gasteiger partial charge in [0.15, 0.2) is 0 Å². The van der Waals surface area contributed by atoms with Crippen LogP contribution in [0.25, 0.3) is 0 Å². The lowest BCUT2D eigenvalue weighted by Gasteiger charge is -2.50. The molecule has 2 fully saturated rings. The van der Waals surface area contributed by atoms with Crippen LogP contribution in [0.1, 0.15) is 51.2 Å². The number of rotatable bonds is 6. The lowest BCUT2D eigenvalue weighted by atomic mass is 9.65. The Labute approximate surface area is 187 Å². The number of likely N-dealkylation sites (tertiary alicyclic amines) is 1. The summed E-state index contributed by atoms with van der Waals surface area (Å²) in [6.07, 6.45) is -3.99. The maximum absolute atomic E-state index is 13.2. The van der Waals surface area contributed by atoms with Crippen LogP contribution in [0.5, 0.6) is 0 Å². The molecule has 1 aliphatic carbocycles. The van der Waals surface area contributed by atoms with E-state index in [0.29, 0.717) is 24.8 Å². The number of benzene rings is 1. The van der Waals surface area contributed by atoms with E-state index in [2.05, 4.69) is 0 Å². The molecule has 5 nitrogen and oxygen atoms in total. The fourth-order valence-electron chi connectivity index (χ4n) is 5.59. The number of aliphatic hydroxyl groups is 3. The second kappa shape index (κ2) is 9.06. The van der Waals surface area contributed by atoms with Crippen molar-refractivity contribution in [3.05, 3.63) is 47.0 Å². The molecule has 0 aromatic heterocycles. The quantitative estimate of drug-likeness (QED) is 0.570. The highest BCUT2D eigenvalue weighted by Gasteiger charge is 2.66. The van der Waals surface area contributed by atoms with Crippen LogP contribution in [-0.4, -0.2) is 63.3 Å². The van der Waals surface area contributed by atoms with Crippen molar-refractivity contribution in [3.63, 3.8) is 0 Å². The second-order valence-electron chi connectivity index (χ2n) is 9.70. The fraction of sp³-hybridized carbons (Fsp3) is 0.667. The van der Waals surface area contributed by atoms with Gasteiger partial charge in [-0.2, -0.15) is 13.2 Å². The summed E-state index contributed by atoms with van der Waals surface area (Å²) in [6.45, 7) is 5.95. The average molecular weight is 458 g/mol. The number of halogens is 3. The molecular weight excluding hydrogens is 423 g/mol. The highest BCUT2D eigenvalue weighted by atomic mass is 19.4. The Kier molecular flexibility index (Phi) is 7.13. The first kappa shape index (κ1) is 25.2. The van der Waals surface area contributed by atoms with Gasteiger partial charge >= 0.3 is 6.18 Å². The molecule has 3 rings (SSSR count). The van der Waals surface area contributed by atoms with Crippen molar-refractivity contribution < 1.29 is 33.2 Å². The number of nitrogens with zero attached hydrogens (tertiary/aromatic N) is 1. The summed E-state index contributed by atoms with van der Waals surface area (Å²) in [5, 5.41) is 33.5. The summed E-state index contributed by atoms with van der Waals surface area (Å²) >= 11 is 0. The number of aliphatic hydroxyl groups excluding tert-OH is 2. The lowest BCUT2D eigenvalue weighted by molar-refractivity contribution is -0.169. The normalized spacial score (nSPS) is 34.2. The minimum Gasteiger partial charge on any atom is -0.391 e. The third-order valence-electron chi connectivity index (χ3n) is 7.26. The Bertz CT molecular complexity index is 841. The van der Waals surface area contributed by atoms with Gasteiger partial charge in [-0.25, -0.2) is 0 Å². The second-order valence-corrected chi connectivity index (χ2v) is 9.70. The van der Waals surface area contributed by atoms with Crippen LogP contribution in [0.4, 0.5) is 13.2 Å². The molecule has 180 valence electrons. The Morgan fingerprint density at radius 3 is 2.62 bits per heavy atom. The Morgan fingerprint density at radius 2 is 2.03 bits per heavy atom. The maximum atomic E-state index is 13.2.